The minimum atomic E-state index is -2.89. The van der Waals surface area contributed by atoms with Gasteiger partial charge in [0.05, 0.1) is 19.0 Å². The van der Waals surface area contributed by atoms with Gasteiger partial charge in [-0.2, -0.15) is 0 Å². The van der Waals surface area contributed by atoms with Gasteiger partial charge in [-0.3, -0.25) is 0 Å². The fourth-order valence-corrected chi connectivity index (χ4v) is 2.70. The molecule has 0 aliphatic rings. The van der Waals surface area contributed by atoms with E-state index < -0.39 is 9.84 Å². The van der Waals surface area contributed by atoms with Crippen LogP contribution < -0.4 is 14.8 Å². The topological polar surface area (TPSA) is 64.6 Å². The van der Waals surface area contributed by atoms with Gasteiger partial charge in [0.1, 0.15) is 9.84 Å². The van der Waals surface area contributed by atoms with E-state index in [0.717, 1.165) is 11.4 Å². The molecule has 1 aromatic carbocycles. The third kappa shape index (κ3) is 6.25. The molecule has 0 saturated carbocycles. The molecule has 0 aromatic heterocycles. The van der Waals surface area contributed by atoms with Crippen molar-refractivity contribution in [3.63, 3.8) is 0 Å². The Morgan fingerprint density at radius 3 is 2.33 bits per heavy atom. The monoisotopic (exact) mass is 315 g/mol. The van der Waals surface area contributed by atoms with Crippen molar-refractivity contribution in [2.45, 2.75) is 27.2 Å². The predicted octanol–water partition coefficient (Wildman–Crippen LogP) is 2.72. The highest BCUT2D eigenvalue weighted by Crippen LogP contribution is 2.30. The number of hydrogen-bond acceptors (Lipinski definition) is 5. The second-order valence-electron chi connectivity index (χ2n) is 4.54. The van der Waals surface area contributed by atoms with Crippen LogP contribution in [0.4, 0.5) is 5.69 Å². The molecule has 0 atom stereocenters. The molecule has 0 fully saturated rings. The van der Waals surface area contributed by atoms with Crippen LogP contribution in [0.25, 0.3) is 0 Å². The minimum Gasteiger partial charge on any atom is -0.490 e. The van der Waals surface area contributed by atoms with E-state index in [9.17, 15) is 8.42 Å². The van der Waals surface area contributed by atoms with Crippen LogP contribution >= 0.6 is 0 Å². The van der Waals surface area contributed by atoms with E-state index in [4.69, 9.17) is 9.47 Å². The number of rotatable bonds is 10. The van der Waals surface area contributed by atoms with Gasteiger partial charge < -0.3 is 14.8 Å². The SMILES string of the molecule is CCOc1ccc(NCCCS(=O)(=O)CC)cc1OCC. The van der Waals surface area contributed by atoms with Gasteiger partial charge in [-0.15, -0.1) is 0 Å². The molecular formula is C15H25NO4S. The number of anilines is 1. The lowest BCUT2D eigenvalue weighted by atomic mass is 10.2. The highest BCUT2D eigenvalue weighted by molar-refractivity contribution is 7.91. The van der Waals surface area contributed by atoms with Crippen LogP contribution in [-0.4, -0.2) is 39.7 Å². The Morgan fingerprint density at radius 2 is 1.71 bits per heavy atom. The van der Waals surface area contributed by atoms with Gasteiger partial charge in [0.2, 0.25) is 0 Å². The molecule has 21 heavy (non-hydrogen) atoms. The summed E-state index contributed by atoms with van der Waals surface area (Å²) in [6.45, 7) is 7.28. The summed E-state index contributed by atoms with van der Waals surface area (Å²) in [6.07, 6.45) is 0.591. The number of nitrogens with one attached hydrogen (secondary N) is 1. The normalized spacial score (nSPS) is 11.2. The predicted molar refractivity (Wildman–Crippen MR) is 86.2 cm³/mol. The summed E-state index contributed by atoms with van der Waals surface area (Å²) >= 11 is 0. The Labute approximate surface area is 127 Å². The van der Waals surface area contributed by atoms with E-state index >= 15 is 0 Å². The number of sulfone groups is 1. The van der Waals surface area contributed by atoms with E-state index in [2.05, 4.69) is 5.32 Å². The third-order valence-electron chi connectivity index (χ3n) is 2.94. The molecular weight excluding hydrogens is 290 g/mol. The van der Waals surface area contributed by atoms with Crippen molar-refractivity contribution in [2.24, 2.45) is 0 Å². The van der Waals surface area contributed by atoms with Gasteiger partial charge in [-0.1, -0.05) is 6.92 Å². The molecule has 1 N–H and O–H groups in total. The first-order chi connectivity index (χ1) is 10.0. The first-order valence-electron chi connectivity index (χ1n) is 7.36. The molecule has 0 heterocycles. The Bertz CT molecular complexity index is 528. The van der Waals surface area contributed by atoms with Crippen LogP contribution in [0.1, 0.15) is 27.2 Å². The summed E-state index contributed by atoms with van der Waals surface area (Å²) in [5.41, 5.74) is 0.899. The highest BCUT2D eigenvalue weighted by Gasteiger charge is 2.08. The standard InChI is InChI=1S/C15H25NO4S/c1-4-19-14-9-8-13(12-15(14)20-5-2)16-10-7-11-21(17,18)6-3/h8-9,12,16H,4-7,10-11H2,1-3H3. The third-order valence-corrected chi connectivity index (χ3v) is 4.73. The molecule has 1 aromatic rings. The molecule has 0 saturated heterocycles. The Morgan fingerprint density at radius 1 is 1.05 bits per heavy atom. The zero-order valence-electron chi connectivity index (χ0n) is 13.0. The minimum absolute atomic E-state index is 0.199. The molecule has 0 aliphatic heterocycles. The fraction of sp³-hybridized carbons (Fsp3) is 0.600. The second-order valence-corrected chi connectivity index (χ2v) is 7.02. The quantitative estimate of drug-likeness (QED) is 0.673. The van der Waals surface area contributed by atoms with Gasteiger partial charge in [-0.05, 0) is 32.4 Å². The molecule has 120 valence electrons. The van der Waals surface area contributed by atoms with Crippen LogP contribution in [0, 0.1) is 0 Å². The van der Waals surface area contributed by atoms with Gasteiger partial charge in [-0.25, -0.2) is 8.42 Å². The van der Waals surface area contributed by atoms with Crippen LogP contribution in [0.5, 0.6) is 11.5 Å². The maximum absolute atomic E-state index is 11.4. The largest absolute Gasteiger partial charge is 0.490 e. The van der Waals surface area contributed by atoms with Gasteiger partial charge in [0.25, 0.3) is 0 Å². The number of benzene rings is 1. The fourth-order valence-electron chi connectivity index (χ4n) is 1.83. The highest BCUT2D eigenvalue weighted by atomic mass is 32.2. The molecule has 0 unspecified atom stereocenters. The van der Waals surface area contributed by atoms with Crippen molar-refractivity contribution in [3.05, 3.63) is 18.2 Å². The summed E-state index contributed by atoms with van der Waals surface area (Å²) in [4.78, 5) is 0. The molecule has 5 nitrogen and oxygen atoms in total. The van der Waals surface area contributed by atoms with Crippen LogP contribution in [0.15, 0.2) is 18.2 Å². The van der Waals surface area contributed by atoms with Crippen molar-refractivity contribution in [1.82, 2.24) is 0 Å². The van der Waals surface area contributed by atoms with Crippen LogP contribution in [0.3, 0.4) is 0 Å². The van der Waals surface area contributed by atoms with E-state index in [1.165, 1.54) is 0 Å². The molecule has 0 radical (unpaired) electrons. The zero-order chi connectivity index (χ0) is 15.7. The van der Waals surface area contributed by atoms with Crippen molar-refractivity contribution in [2.75, 3.05) is 36.6 Å². The summed E-state index contributed by atoms with van der Waals surface area (Å²) in [5, 5.41) is 3.21. The summed E-state index contributed by atoms with van der Waals surface area (Å²) in [6, 6.07) is 5.64. The average molecular weight is 315 g/mol. The van der Waals surface area contributed by atoms with Crippen molar-refractivity contribution < 1.29 is 17.9 Å². The smallest absolute Gasteiger partial charge is 0.163 e. The molecule has 0 bridgehead atoms. The lowest BCUT2D eigenvalue weighted by Gasteiger charge is -2.13. The molecule has 6 heteroatoms. The van der Waals surface area contributed by atoms with Gasteiger partial charge >= 0.3 is 0 Å². The van der Waals surface area contributed by atoms with Crippen molar-refractivity contribution in [1.29, 1.82) is 0 Å². The molecule has 0 aliphatic carbocycles. The summed E-state index contributed by atoms with van der Waals surface area (Å²) in [7, 11) is -2.89. The second kappa shape index (κ2) is 8.77. The number of hydrogen-bond donors (Lipinski definition) is 1. The maximum atomic E-state index is 11.4. The van der Waals surface area contributed by atoms with Gasteiger partial charge in [0.15, 0.2) is 11.5 Å². The van der Waals surface area contributed by atoms with Crippen LogP contribution in [-0.2, 0) is 9.84 Å². The lowest BCUT2D eigenvalue weighted by Crippen LogP contribution is -2.13. The van der Waals surface area contributed by atoms with Gasteiger partial charge in [0, 0.05) is 24.1 Å². The first-order valence-corrected chi connectivity index (χ1v) is 9.18. The van der Waals surface area contributed by atoms with E-state index in [1.54, 1.807) is 6.92 Å². The van der Waals surface area contributed by atoms with Crippen molar-refractivity contribution in [3.8, 4) is 11.5 Å². The van der Waals surface area contributed by atoms with Crippen molar-refractivity contribution >= 4 is 15.5 Å². The Hall–Kier alpha value is -1.43. The lowest BCUT2D eigenvalue weighted by molar-refractivity contribution is 0.288. The maximum Gasteiger partial charge on any atom is 0.163 e. The Balaban J connectivity index is 2.57. The summed E-state index contributed by atoms with van der Waals surface area (Å²) in [5.74, 6) is 1.83. The molecule has 0 spiro atoms. The Kier molecular flexibility index (Phi) is 7.36. The van der Waals surface area contributed by atoms with E-state index in [1.807, 2.05) is 32.0 Å². The molecule has 1 rings (SSSR count). The van der Waals surface area contributed by atoms with E-state index in [0.29, 0.717) is 31.9 Å². The molecule has 0 amide bonds. The van der Waals surface area contributed by atoms with E-state index in [-0.39, 0.29) is 11.5 Å². The summed E-state index contributed by atoms with van der Waals surface area (Å²) < 4.78 is 33.8. The average Bonchev–Trinajstić information content (AvgIpc) is 2.46. The first kappa shape index (κ1) is 17.6. The zero-order valence-corrected chi connectivity index (χ0v) is 13.8. The van der Waals surface area contributed by atoms with Crippen LogP contribution in [0.2, 0.25) is 0 Å². The number of ether oxygens (including phenoxy) is 2.